The number of aryl methyl sites for hydroxylation is 1. The highest BCUT2D eigenvalue weighted by Crippen LogP contribution is 2.36. The Bertz CT molecular complexity index is 1590. The number of imidazole rings is 1. The van der Waals surface area contributed by atoms with E-state index in [1.165, 1.54) is 15.9 Å². The smallest absolute Gasteiger partial charge is 0.331 e. The number of carboxylic acids is 1. The number of rotatable bonds is 6. The number of hydrogen-bond donors (Lipinski definition) is 5. The summed E-state index contributed by atoms with van der Waals surface area (Å²) in [5, 5.41) is 11.1. The Morgan fingerprint density at radius 2 is 1.71 bits per heavy atom. The van der Waals surface area contributed by atoms with Gasteiger partial charge >= 0.3 is 5.69 Å². The van der Waals surface area contributed by atoms with Crippen molar-refractivity contribution < 1.29 is 14.7 Å². The molecular formula is C25H25N5O4S. The first-order valence-corrected chi connectivity index (χ1v) is 11.8. The number of aromatic amines is 2. The third kappa shape index (κ3) is 4.61. The van der Waals surface area contributed by atoms with Crippen molar-refractivity contribution in [3.05, 3.63) is 75.8 Å². The fraction of sp³-hybridized carbons (Fsp3) is 0.160. The van der Waals surface area contributed by atoms with E-state index in [9.17, 15) is 9.59 Å². The van der Waals surface area contributed by atoms with Crippen molar-refractivity contribution in [1.29, 1.82) is 0 Å². The largest absolute Gasteiger partial charge is 0.481 e. The van der Waals surface area contributed by atoms with E-state index in [2.05, 4.69) is 9.97 Å². The second-order valence-corrected chi connectivity index (χ2v) is 8.82. The van der Waals surface area contributed by atoms with Crippen LogP contribution in [0.4, 0.5) is 0 Å². The highest BCUT2D eigenvalue weighted by molar-refractivity contribution is 7.17. The molecule has 3 aromatic heterocycles. The number of benzene rings is 2. The van der Waals surface area contributed by atoms with Gasteiger partial charge in [-0.15, -0.1) is 11.3 Å². The van der Waals surface area contributed by atoms with Gasteiger partial charge in [-0.1, -0.05) is 36.4 Å². The Balaban J connectivity index is 0.000000672. The van der Waals surface area contributed by atoms with Crippen LogP contribution in [0.1, 0.15) is 29.5 Å². The first kappa shape index (κ1) is 24.0. The van der Waals surface area contributed by atoms with Gasteiger partial charge in [0.15, 0.2) is 0 Å². The van der Waals surface area contributed by atoms with Gasteiger partial charge in [-0.2, -0.15) is 0 Å². The normalized spacial score (nSPS) is 10.9. The molecule has 0 spiro atoms. The number of nitrogens with one attached hydrogen (secondary N) is 2. The molecule has 0 aliphatic carbocycles. The number of carbonyl (C=O) groups is 2. The fourth-order valence-electron chi connectivity index (χ4n) is 4.17. The maximum absolute atomic E-state index is 13.1. The zero-order valence-electron chi connectivity index (χ0n) is 19.0. The monoisotopic (exact) mass is 491 g/mol. The molecule has 2 aromatic carbocycles. The fourth-order valence-corrected chi connectivity index (χ4v) is 5.09. The summed E-state index contributed by atoms with van der Waals surface area (Å²) in [7, 11) is 0. The predicted molar refractivity (Wildman–Crippen MR) is 138 cm³/mol. The first-order valence-electron chi connectivity index (χ1n) is 10.9. The van der Waals surface area contributed by atoms with E-state index in [1.54, 1.807) is 0 Å². The minimum atomic E-state index is -0.833. The van der Waals surface area contributed by atoms with Gasteiger partial charge in [0.05, 0.1) is 11.4 Å². The number of primary amides is 1. The van der Waals surface area contributed by atoms with E-state index in [-0.39, 0.29) is 5.69 Å². The Labute approximate surface area is 204 Å². The number of aliphatic carboxylic acids is 1. The summed E-state index contributed by atoms with van der Waals surface area (Å²) in [5.74, 6) is -1.50. The van der Waals surface area contributed by atoms with Gasteiger partial charge in [0.25, 0.3) is 11.9 Å². The van der Waals surface area contributed by atoms with Crippen LogP contribution in [-0.2, 0) is 11.2 Å². The lowest BCUT2D eigenvalue weighted by Crippen LogP contribution is -2.22. The molecule has 0 saturated carbocycles. The lowest BCUT2D eigenvalue weighted by molar-refractivity contribution is -0.134. The van der Waals surface area contributed by atoms with Crippen LogP contribution in [0.25, 0.3) is 37.9 Å². The Hall–Kier alpha value is -4.15. The number of amides is 1. The summed E-state index contributed by atoms with van der Waals surface area (Å²) < 4.78 is 2.42. The first-order chi connectivity index (χ1) is 16.8. The summed E-state index contributed by atoms with van der Waals surface area (Å²) >= 11 is 1.52. The van der Waals surface area contributed by atoms with Crippen molar-refractivity contribution in [3.8, 4) is 16.9 Å². The molecule has 0 aliphatic heterocycles. The van der Waals surface area contributed by atoms with Crippen LogP contribution in [-0.4, -0.2) is 38.1 Å². The van der Waals surface area contributed by atoms with Crippen LogP contribution in [0.2, 0.25) is 0 Å². The van der Waals surface area contributed by atoms with E-state index in [1.807, 2.05) is 53.9 Å². The summed E-state index contributed by atoms with van der Waals surface area (Å²) in [5.41, 5.74) is 15.0. The Morgan fingerprint density at radius 3 is 2.40 bits per heavy atom. The average molecular weight is 492 g/mol. The molecule has 1 amide bonds. The molecule has 3 heterocycles. The summed E-state index contributed by atoms with van der Waals surface area (Å²) in [6, 6.07) is 15.6. The predicted octanol–water partition coefficient (Wildman–Crippen LogP) is 3.61. The molecule has 0 atom stereocenters. The van der Waals surface area contributed by atoms with Gasteiger partial charge in [0.2, 0.25) is 0 Å². The lowest BCUT2D eigenvalue weighted by atomic mass is 10.0. The highest BCUT2D eigenvalue weighted by Gasteiger charge is 2.26. The molecule has 0 saturated heterocycles. The Kier molecular flexibility index (Phi) is 6.85. The third-order valence-electron chi connectivity index (χ3n) is 5.49. The van der Waals surface area contributed by atoms with Crippen LogP contribution in [0, 0.1) is 0 Å². The zero-order chi connectivity index (χ0) is 25.1. The number of nitrogens with two attached hydrogens (primary N) is 2. The van der Waals surface area contributed by atoms with Crippen molar-refractivity contribution in [2.45, 2.75) is 19.8 Å². The summed E-state index contributed by atoms with van der Waals surface area (Å²) in [6.07, 6.45) is 1.46. The molecular weight excluding hydrogens is 466 g/mol. The third-order valence-corrected chi connectivity index (χ3v) is 6.45. The van der Waals surface area contributed by atoms with Crippen LogP contribution < -0.4 is 17.2 Å². The number of nitrogens with zero attached hydrogens (tertiary/aromatic N) is 1. The second kappa shape index (κ2) is 10.00. The number of carboxylic acid groups (broad SMARTS) is 1. The Morgan fingerprint density at radius 1 is 1.06 bits per heavy atom. The number of thiophene rings is 1. The van der Waals surface area contributed by atoms with Gasteiger partial charge in [0, 0.05) is 44.6 Å². The molecule has 0 bridgehead atoms. The van der Waals surface area contributed by atoms with Gasteiger partial charge in [-0.3, -0.25) is 14.2 Å². The van der Waals surface area contributed by atoms with Gasteiger partial charge in [-0.25, -0.2) is 4.79 Å². The topological polar surface area (TPSA) is 160 Å². The molecule has 35 heavy (non-hydrogen) atoms. The summed E-state index contributed by atoms with van der Waals surface area (Å²) in [4.78, 5) is 41.1. The van der Waals surface area contributed by atoms with E-state index in [4.69, 9.17) is 21.4 Å². The van der Waals surface area contributed by atoms with Crippen molar-refractivity contribution in [3.63, 3.8) is 0 Å². The number of fused-ring (bicyclic) bond motifs is 2. The van der Waals surface area contributed by atoms with Crippen molar-refractivity contribution >= 4 is 44.2 Å². The number of H-pyrrole nitrogens is 2. The minimum Gasteiger partial charge on any atom is -0.481 e. The van der Waals surface area contributed by atoms with Crippen LogP contribution >= 0.6 is 11.3 Å². The van der Waals surface area contributed by atoms with Gasteiger partial charge in [0.1, 0.15) is 5.69 Å². The number of para-hydroxylation sites is 1. The molecule has 9 nitrogen and oxygen atoms in total. The maximum atomic E-state index is 13.1. The van der Waals surface area contributed by atoms with Gasteiger partial charge < -0.3 is 26.5 Å². The highest BCUT2D eigenvalue weighted by atomic mass is 32.1. The quantitative estimate of drug-likeness (QED) is 0.245. The van der Waals surface area contributed by atoms with E-state index >= 15 is 0 Å². The zero-order valence-corrected chi connectivity index (χ0v) is 19.8. The average Bonchev–Trinajstić information content (AvgIpc) is 3.49. The van der Waals surface area contributed by atoms with E-state index < -0.39 is 17.6 Å². The van der Waals surface area contributed by atoms with Crippen molar-refractivity contribution in [2.75, 3.05) is 6.54 Å². The molecule has 5 aromatic rings. The summed E-state index contributed by atoms with van der Waals surface area (Å²) in [6.45, 7) is 1.62. The molecule has 0 radical (unpaired) electrons. The minimum absolute atomic E-state index is 0.146. The molecule has 5 rings (SSSR count). The van der Waals surface area contributed by atoms with E-state index in [0.717, 1.165) is 45.6 Å². The number of aromatic nitrogens is 3. The molecule has 10 heteroatoms. The maximum Gasteiger partial charge on any atom is 0.331 e. The molecule has 180 valence electrons. The van der Waals surface area contributed by atoms with Gasteiger partial charge in [-0.05, 0) is 31.5 Å². The van der Waals surface area contributed by atoms with Crippen molar-refractivity contribution in [2.24, 2.45) is 11.5 Å². The van der Waals surface area contributed by atoms with Crippen LogP contribution in [0.5, 0.6) is 0 Å². The SMILES string of the molecule is CC(=O)O.NCCCc1[nH]c2ccccc2c1-c1[nH]c(=O)n(-c2csc3ccccc23)c1C(N)=O. The molecule has 0 aliphatic rings. The number of carbonyl (C=O) groups excluding carboxylic acids is 1. The number of hydrogen-bond acceptors (Lipinski definition) is 5. The van der Waals surface area contributed by atoms with Crippen molar-refractivity contribution in [1.82, 2.24) is 14.5 Å². The van der Waals surface area contributed by atoms with Crippen LogP contribution in [0.15, 0.2) is 58.7 Å². The van der Waals surface area contributed by atoms with Crippen LogP contribution in [0.3, 0.4) is 0 Å². The molecule has 0 unspecified atom stereocenters. The second-order valence-electron chi connectivity index (χ2n) is 7.91. The standard InChI is InChI=1S/C23H21N5O2S.C2H4O2/c24-11-5-9-16-19(13-6-1-3-8-15(13)26-16)20-21(22(25)29)28(23(30)27-20)17-12-31-18-10-4-2-7-14(17)18;1-2(3)4/h1-4,6-8,10,12,26H,5,9,11,24H2,(H2,25,29)(H,27,30);1H3,(H,3,4). The lowest BCUT2D eigenvalue weighted by Gasteiger charge is -2.08. The van der Waals surface area contributed by atoms with E-state index in [0.29, 0.717) is 24.3 Å². The molecule has 7 N–H and O–H groups in total. The molecule has 0 fully saturated rings.